The Bertz CT molecular complexity index is 847. The molecule has 3 heteroatoms. The van der Waals surface area contributed by atoms with Gasteiger partial charge in [0, 0.05) is 11.8 Å². The van der Waals surface area contributed by atoms with E-state index in [9.17, 15) is 10.2 Å². The highest BCUT2D eigenvalue weighted by atomic mass is 16.3. The Morgan fingerprint density at radius 2 is 1.64 bits per heavy atom. The lowest BCUT2D eigenvalue weighted by Crippen LogP contribution is -2.36. The van der Waals surface area contributed by atoms with E-state index in [0.29, 0.717) is 0 Å². The monoisotopic (exact) mass is 296 g/mol. The Morgan fingerprint density at radius 1 is 0.909 bits per heavy atom. The number of nitrogens with zero attached hydrogens (tertiary/aromatic N) is 1. The Hall–Kier alpha value is -2.26. The summed E-state index contributed by atoms with van der Waals surface area (Å²) in [5, 5.41) is 24.3. The average molecular weight is 296 g/mol. The zero-order chi connectivity index (χ0) is 15.9. The van der Waals surface area contributed by atoms with Gasteiger partial charge in [-0.2, -0.15) is 0 Å². The molecule has 0 unspecified atom stereocenters. The normalized spacial score (nSPS) is 12.1. The third-order valence-corrected chi connectivity index (χ3v) is 4.12. The fourth-order valence-electron chi connectivity index (χ4n) is 2.90. The molecule has 3 aromatic rings. The third kappa shape index (κ3) is 2.60. The number of fused-ring (bicyclic) bond motifs is 3. The quantitative estimate of drug-likeness (QED) is 0.440. The molecule has 3 nitrogen and oxygen atoms in total. The predicted molar refractivity (Wildman–Crippen MR) is 91.4 cm³/mol. The van der Waals surface area contributed by atoms with E-state index in [1.807, 2.05) is 30.3 Å². The van der Waals surface area contributed by atoms with Crippen molar-refractivity contribution in [3.8, 4) is 11.5 Å². The van der Waals surface area contributed by atoms with E-state index in [0.717, 1.165) is 44.6 Å². The minimum Gasteiger partial charge on any atom is -0.504 e. The Kier molecular flexibility index (Phi) is 3.45. The second-order valence-corrected chi connectivity index (χ2v) is 6.88. The van der Waals surface area contributed by atoms with Gasteiger partial charge < -0.3 is 14.7 Å². The van der Waals surface area contributed by atoms with Crippen molar-refractivity contribution in [2.75, 3.05) is 27.7 Å². The summed E-state index contributed by atoms with van der Waals surface area (Å²) in [4.78, 5) is 0. The molecule has 22 heavy (non-hydrogen) atoms. The summed E-state index contributed by atoms with van der Waals surface area (Å²) >= 11 is 0. The molecule has 0 atom stereocenters. The van der Waals surface area contributed by atoms with Gasteiger partial charge >= 0.3 is 0 Å². The van der Waals surface area contributed by atoms with Crippen LogP contribution in [-0.4, -0.2) is 42.4 Å². The number of phenolic OH excluding ortho intramolecular Hbond substituents is 2. The van der Waals surface area contributed by atoms with Crippen LogP contribution in [0.3, 0.4) is 0 Å². The molecule has 0 radical (unpaired) electrons. The van der Waals surface area contributed by atoms with Crippen LogP contribution < -0.4 is 0 Å². The molecular formula is C19H22NO2+. The van der Waals surface area contributed by atoms with Gasteiger partial charge in [-0.05, 0) is 27.8 Å². The molecule has 0 saturated carbocycles. The van der Waals surface area contributed by atoms with Crippen molar-refractivity contribution in [2.45, 2.75) is 6.42 Å². The van der Waals surface area contributed by atoms with Crippen molar-refractivity contribution >= 4 is 21.5 Å². The van der Waals surface area contributed by atoms with Crippen molar-refractivity contribution in [3.05, 3.63) is 48.0 Å². The SMILES string of the molecule is C[N+](C)(C)CCc1cc(O)c(O)c2c1ccc1ccccc12. The van der Waals surface area contributed by atoms with E-state index in [4.69, 9.17) is 0 Å². The second kappa shape index (κ2) is 5.18. The summed E-state index contributed by atoms with van der Waals surface area (Å²) in [5.74, 6) is -0.0685. The molecule has 114 valence electrons. The zero-order valence-corrected chi connectivity index (χ0v) is 13.3. The molecule has 0 spiro atoms. The molecule has 0 aliphatic heterocycles. The summed E-state index contributed by atoms with van der Waals surface area (Å²) in [5.41, 5.74) is 1.07. The van der Waals surface area contributed by atoms with Crippen molar-refractivity contribution in [1.29, 1.82) is 0 Å². The van der Waals surface area contributed by atoms with Crippen molar-refractivity contribution in [1.82, 2.24) is 0 Å². The molecule has 3 aromatic carbocycles. The predicted octanol–water partition coefficient (Wildman–Crippen LogP) is 3.65. The van der Waals surface area contributed by atoms with Gasteiger partial charge in [0.2, 0.25) is 0 Å². The van der Waals surface area contributed by atoms with Gasteiger partial charge in [0.05, 0.1) is 27.7 Å². The largest absolute Gasteiger partial charge is 0.504 e. The molecule has 0 amide bonds. The number of hydrogen-bond donors (Lipinski definition) is 2. The van der Waals surface area contributed by atoms with E-state index in [-0.39, 0.29) is 11.5 Å². The highest BCUT2D eigenvalue weighted by Crippen LogP contribution is 2.40. The van der Waals surface area contributed by atoms with Crippen molar-refractivity contribution < 1.29 is 14.7 Å². The van der Waals surface area contributed by atoms with E-state index in [1.54, 1.807) is 6.07 Å². The van der Waals surface area contributed by atoms with Gasteiger partial charge in [0.25, 0.3) is 0 Å². The zero-order valence-electron chi connectivity index (χ0n) is 13.3. The van der Waals surface area contributed by atoms with Crippen LogP contribution in [0.4, 0.5) is 0 Å². The smallest absolute Gasteiger partial charge is 0.166 e. The van der Waals surface area contributed by atoms with E-state index in [1.165, 1.54) is 0 Å². The second-order valence-electron chi connectivity index (χ2n) is 6.88. The van der Waals surface area contributed by atoms with Crippen LogP contribution >= 0.6 is 0 Å². The number of hydrogen-bond acceptors (Lipinski definition) is 2. The number of benzene rings is 3. The Morgan fingerprint density at radius 3 is 2.36 bits per heavy atom. The van der Waals surface area contributed by atoms with Crippen molar-refractivity contribution in [3.63, 3.8) is 0 Å². The minimum atomic E-state index is -0.0414. The maximum Gasteiger partial charge on any atom is 0.166 e. The molecule has 0 aromatic heterocycles. The molecule has 3 rings (SSSR count). The number of aromatic hydroxyl groups is 2. The molecule has 0 saturated heterocycles. The summed E-state index contributed by atoms with van der Waals surface area (Å²) in [7, 11) is 6.45. The van der Waals surface area contributed by atoms with Gasteiger partial charge in [-0.1, -0.05) is 36.4 Å². The molecule has 0 heterocycles. The van der Waals surface area contributed by atoms with Crippen LogP contribution in [0, 0.1) is 0 Å². The maximum atomic E-state index is 10.4. The molecule has 0 aliphatic carbocycles. The van der Waals surface area contributed by atoms with E-state index < -0.39 is 0 Å². The first-order valence-electron chi connectivity index (χ1n) is 7.52. The fourth-order valence-corrected chi connectivity index (χ4v) is 2.90. The lowest BCUT2D eigenvalue weighted by atomic mass is 9.95. The van der Waals surface area contributed by atoms with Gasteiger partial charge in [0.1, 0.15) is 0 Å². The maximum absolute atomic E-state index is 10.4. The summed E-state index contributed by atoms with van der Waals surface area (Å²) in [6, 6.07) is 13.8. The van der Waals surface area contributed by atoms with Crippen LogP contribution in [0.15, 0.2) is 42.5 Å². The van der Waals surface area contributed by atoms with E-state index in [2.05, 4.69) is 27.2 Å². The number of likely N-dealkylation sites (N-methyl/N-ethyl adjacent to an activating group) is 1. The van der Waals surface area contributed by atoms with Crippen molar-refractivity contribution in [2.24, 2.45) is 0 Å². The fraction of sp³-hybridized carbons (Fsp3) is 0.263. The minimum absolute atomic E-state index is 0.0270. The highest BCUT2D eigenvalue weighted by molar-refractivity contribution is 6.12. The van der Waals surface area contributed by atoms with Crippen LogP contribution in [0.25, 0.3) is 21.5 Å². The molecule has 0 fully saturated rings. The van der Waals surface area contributed by atoms with Gasteiger partial charge in [-0.15, -0.1) is 0 Å². The van der Waals surface area contributed by atoms with E-state index >= 15 is 0 Å². The van der Waals surface area contributed by atoms with Gasteiger partial charge in [0.15, 0.2) is 11.5 Å². The lowest BCUT2D eigenvalue weighted by Gasteiger charge is -2.24. The summed E-state index contributed by atoms with van der Waals surface area (Å²) in [6.07, 6.45) is 0.853. The summed E-state index contributed by atoms with van der Waals surface area (Å²) in [6.45, 7) is 0.964. The van der Waals surface area contributed by atoms with Gasteiger partial charge in [-0.3, -0.25) is 0 Å². The highest BCUT2D eigenvalue weighted by Gasteiger charge is 2.15. The third-order valence-electron chi connectivity index (χ3n) is 4.12. The van der Waals surface area contributed by atoms with Crippen LogP contribution in [-0.2, 0) is 6.42 Å². The molecule has 0 aliphatic rings. The van der Waals surface area contributed by atoms with Crippen LogP contribution in [0.2, 0.25) is 0 Å². The first-order valence-corrected chi connectivity index (χ1v) is 7.52. The standard InChI is InChI=1S/C19H21NO2/c1-20(2,3)11-10-14-12-17(21)19(22)18-15-7-5-4-6-13(15)8-9-16(14)18/h4-9,12H,10-11H2,1-3H3,(H-,21,22)/p+1. The first-order chi connectivity index (χ1) is 10.4. The lowest BCUT2D eigenvalue weighted by molar-refractivity contribution is -0.870. The first kappa shape index (κ1) is 14.7. The average Bonchev–Trinajstić information content (AvgIpc) is 2.47. The topological polar surface area (TPSA) is 40.5 Å². The molecule has 2 N–H and O–H groups in total. The molecular weight excluding hydrogens is 274 g/mol. The Balaban J connectivity index is 2.26. The summed E-state index contributed by atoms with van der Waals surface area (Å²) < 4.78 is 0.858. The van der Waals surface area contributed by atoms with Gasteiger partial charge in [-0.25, -0.2) is 0 Å². The number of phenols is 2. The van der Waals surface area contributed by atoms with Crippen LogP contribution in [0.5, 0.6) is 11.5 Å². The van der Waals surface area contributed by atoms with Crippen LogP contribution in [0.1, 0.15) is 5.56 Å². The molecule has 0 bridgehead atoms. The number of rotatable bonds is 3. The Labute approximate surface area is 130 Å². The number of quaternary nitrogens is 1.